The van der Waals surface area contributed by atoms with Crippen molar-refractivity contribution in [2.24, 2.45) is 4.99 Å². The molecule has 2 fully saturated rings. The van der Waals surface area contributed by atoms with Crippen molar-refractivity contribution in [1.29, 1.82) is 0 Å². The fraction of sp³-hybridized carbons (Fsp3) is 0.609. The van der Waals surface area contributed by atoms with E-state index >= 15 is 0 Å². The molecule has 1 unspecified atom stereocenters. The number of benzene rings is 1. The minimum absolute atomic E-state index is 0.607. The summed E-state index contributed by atoms with van der Waals surface area (Å²) in [7, 11) is 2.19. The van der Waals surface area contributed by atoms with E-state index in [1.807, 2.05) is 6.07 Å². The first kappa shape index (κ1) is 21.5. The molecular formula is C23H35ClN6. The fourth-order valence-electron chi connectivity index (χ4n) is 4.65. The zero-order chi connectivity index (χ0) is 20.9. The van der Waals surface area contributed by atoms with Gasteiger partial charge in [0.1, 0.15) is 0 Å². The second kappa shape index (κ2) is 10.0. The van der Waals surface area contributed by atoms with Crippen LogP contribution in [0.2, 0.25) is 5.02 Å². The summed E-state index contributed by atoms with van der Waals surface area (Å²) in [5.74, 6) is 1.01. The van der Waals surface area contributed by atoms with E-state index in [2.05, 4.69) is 63.2 Å². The van der Waals surface area contributed by atoms with Crippen LogP contribution in [0.25, 0.3) is 0 Å². The third-order valence-corrected chi connectivity index (χ3v) is 6.84. The molecule has 0 aliphatic carbocycles. The summed E-state index contributed by atoms with van der Waals surface area (Å²) < 4.78 is 0. The van der Waals surface area contributed by atoms with Crippen LogP contribution in [0, 0.1) is 0 Å². The Balaban J connectivity index is 1.48. The molecule has 3 heterocycles. The van der Waals surface area contributed by atoms with Crippen LogP contribution in [-0.2, 0) is 6.54 Å². The molecule has 1 atom stereocenters. The maximum atomic E-state index is 6.65. The molecule has 0 spiro atoms. The lowest BCUT2D eigenvalue weighted by molar-refractivity contribution is 0.259. The third-order valence-electron chi connectivity index (χ3n) is 6.49. The first-order valence-corrected chi connectivity index (χ1v) is 11.7. The average Bonchev–Trinajstić information content (AvgIpc) is 3.44. The highest BCUT2D eigenvalue weighted by Crippen LogP contribution is 2.29. The number of likely N-dealkylation sites (N-methyl/N-ethyl adjacent to an activating group) is 1. The van der Waals surface area contributed by atoms with Gasteiger partial charge in [0.15, 0.2) is 5.96 Å². The summed E-state index contributed by atoms with van der Waals surface area (Å²) in [5, 5.41) is 4.32. The number of hydrogen-bond acceptors (Lipinski definition) is 4. The van der Waals surface area contributed by atoms with Gasteiger partial charge < -0.3 is 20.0 Å². The van der Waals surface area contributed by atoms with Gasteiger partial charge >= 0.3 is 0 Å². The molecule has 1 N–H and O–H groups in total. The summed E-state index contributed by atoms with van der Waals surface area (Å²) >= 11 is 6.65. The van der Waals surface area contributed by atoms with E-state index in [0.717, 1.165) is 75.4 Å². The minimum Gasteiger partial charge on any atom is -0.369 e. The van der Waals surface area contributed by atoms with Crippen LogP contribution in [0.5, 0.6) is 0 Å². The quantitative estimate of drug-likeness (QED) is 0.441. The third kappa shape index (κ3) is 4.93. The number of halogens is 1. The Bertz CT molecular complexity index is 763. The molecule has 3 aliphatic rings. The topological polar surface area (TPSA) is 37.4 Å². The summed E-state index contributed by atoms with van der Waals surface area (Å²) in [6.07, 6.45) is 5.75. The molecule has 30 heavy (non-hydrogen) atoms. The predicted octanol–water partition coefficient (Wildman–Crippen LogP) is 2.50. The monoisotopic (exact) mass is 430 g/mol. The number of guanidine groups is 1. The molecule has 0 bridgehead atoms. The standard InChI is InChI=1S/C23H35ClN6/c1-3-25-23(30-12-9-19(18-30)28-10-4-5-11-28)26-17-20-21(24)7-6-8-22(20)29-15-13-27(2)14-16-29/h4-8,19H,3,9-18H2,1-2H3,(H,25,26). The van der Waals surface area contributed by atoms with Crippen molar-refractivity contribution >= 4 is 23.2 Å². The first-order chi connectivity index (χ1) is 14.7. The molecule has 6 nitrogen and oxygen atoms in total. The van der Waals surface area contributed by atoms with E-state index in [1.54, 1.807) is 0 Å². The predicted molar refractivity (Wildman–Crippen MR) is 127 cm³/mol. The van der Waals surface area contributed by atoms with Gasteiger partial charge in [-0.1, -0.05) is 29.8 Å². The highest BCUT2D eigenvalue weighted by atomic mass is 35.5. The van der Waals surface area contributed by atoms with Crippen LogP contribution < -0.4 is 10.2 Å². The lowest BCUT2D eigenvalue weighted by Gasteiger charge is -2.35. The number of nitrogens with one attached hydrogen (secondary N) is 1. The molecule has 0 saturated carbocycles. The summed E-state index contributed by atoms with van der Waals surface area (Å²) in [6, 6.07) is 6.86. The molecule has 1 aromatic carbocycles. The zero-order valence-corrected chi connectivity index (χ0v) is 19.1. The van der Waals surface area contributed by atoms with Crippen molar-refractivity contribution in [2.75, 3.05) is 70.9 Å². The van der Waals surface area contributed by atoms with Crippen molar-refractivity contribution in [3.63, 3.8) is 0 Å². The molecule has 3 aliphatic heterocycles. The van der Waals surface area contributed by atoms with Gasteiger partial charge in [-0.05, 0) is 32.5 Å². The first-order valence-electron chi connectivity index (χ1n) is 11.3. The highest BCUT2D eigenvalue weighted by molar-refractivity contribution is 6.31. The van der Waals surface area contributed by atoms with E-state index in [0.29, 0.717) is 12.6 Å². The smallest absolute Gasteiger partial charge is 0.194 e. The largest absolute Gasteiger partial charge is 0.369 e. The second-order valence-electron chi connectivity index (χ2n) is 8.51. The van der Waals surface area contributed by atoms with Gasteiger partial charge in [-0.2, -0.15) is 0 Å². The van der Waals surface area contributed by atoms with Gasteiger partial charge in [-0.15, -0.1) is 0 Å². The Kier molecular flexibility index (Phi) is 7.18. The average molecular weight is 431 g/mol. The SMILES string of the molecule is CCNC(=NCc1c(Cl)cccc1N1CCN(C)CC1)N1CCC(N2CC=CC2)C1. The normalized spacial score (nSPS) is 23.6. The highest BCUT2D eigenvalue weighted by Gasteiger charge is 2.29. The molecule has 0 radical (unpaired) electrons. The number of nitrogens with zero attached hydrogens (tertiary/aromatic N) is 5. The van der Waals surface area contributed by atoms with Gasteiger partial charge in [-0.3, -0.25) is 4.90 Å². The van der Waals surface area contributed by atoms with Gasteiger partial charge in [-0.25, -0.2) is 4.99 Å². The van der Waals surface area contributed by atoms with Crippen LogP contribution in [0.1, 0.15) is 18.9 Å². The van der Waals surface area contributed by atoms with Gasteiger partial charge in [0.2, 0.25) is 0 Å². The van der Waals surface area contributed by atoms with Crippen molar-refractivity contribution in [1.82, 2.24) is 20.0 Å². The Morgan fingerprint density at radius 2 is 1.90 bits per heavy atom. The molecule has 1 aromatic rings. The Morgan fingerprint density at radius 1 is 1.13 bits per heavy atom. The van der Waals surface area contributed by atoms with E-state index in [9.17, 15) is 0 Å². The summed E-state index contributed by atoms with van der Waals surface area (Å²) in [5.41, 5.74) is 2.37. The number of likely N-dealkylation sites (tertiary alicyclic amines) is 1. The number of aliphatic imine (C=N–C) groups is 1. The van der Waals surface area contributed by atoms with E-state index in [-0.39, 0.29) is 0 Å². The lowest BCUT2D eigenvalue weighted by Crippen LogP contribution is -2.45. The molecule has 164 valence electrons. The van der Waals surface area contributed by atoms with Crippen LogP contribution in [0.3, 0.4) is 0 Å². The van der Waals surface area contributed by atoms with Gasteiger partial charge in [0.05, 0.1) is 6.54 Å². The summed E-state index contributed by atoms with van der Waals surface area (Å²) in [4.78, 5) is 14.8. The molecule has 4 rings (SSSR count). The molecular weight excluding hydrogens is 396 g/mol. The molecule has 7 heteroatoms. The second-order valence-corrected chi connectivity index (χ2v) is 8.92. The number of rotatable bonds is 5. The van der Waals surface area contributed by atoms with Crippen molar-refractivity contribution < 1.29 is 0 Å². The zero-order valence-electron chi connectivity index (χ0n) is 18.4. The van der Waals surface area contributed by atoms with Gasteiger partial charge in [0.25, 0.3) is 0 Å². The molecule has 0 amide bonds. The Labute approximate surface area is 186 Å². The maximum absolute atomic E-state index is 6.65. The van der Waals surface area contributed by atoms with E-state index < -0.39 is 0 Å². The number of piperazine rings is 1. The maximum Gasteiger partial charge on any atom is 0.194 e. The van der Waals surface area contributed by atoms with Crippen LogP contribution >= 0.6 is 11.6 Å². The minimum atomic E-state index is 0.607. The van der Waals surface area contributed by atoms with Crippen molar-refractivity contribution in [2.45, 2.75) is 25.9 Å². The van der Waals surface area contributed by atoms with Crippen molar-refractivity contribution in [3.8, 4) is 0 Å². The Morgan fingerprint density at radius 3 is 2.63 bits per heavy atom. The van der Waals surface area contributed by atoms with Crippen LogP contribution in [0.15, 0.2) is 35.3 Å². The van der Waals surface area contributed by atoms with E-state index in [4.69, 9.17) is 16.6 Å². The Hall–Kier alpha value is -1.76. The molecule has 0 aromatic heterocycles. The number of hydrogen-bond donors (Lipinski definition) is 1. The van der Waals surface area contributed by atoms with Crippen LogP contribution in [-0.4, -0.2) is 92.7 Å². The fourth-order valence-corrected chi connectivity index (χ4v) is 4.88. The van der Waals surface area contributed by atoms with Gasteiger partial charge in [0, 0.05) is 81.2 Å². The summed E-state index contributed by atoms with van der Waals surface area (Å²) in [6.45, 7) is 12.1. The van der Waals surface area contributed by atoms with Crippen molar-refractivity contribution in [3.05, 3.63) is 40.9 Å². The van der Waals surface area contributed by atoms with E-state index in [1.165, 1.54) is 12.1 Å². The van der Waals surface area contributed by atoms with Crippen LogP contribution in [0.4, 0.5) is 5.69 Å². The number of anilines is 1. The molecule has 2 saturated heterocycles. The lowest BCUT2D eigenvalue weighted by atomic mass is 10.1.